The topological polar surface area (TPSA) is 0 Å². The van der Waals surface area contributed by atoms with E-state index in [1.165, 1.54) is 21.2 Å². The zero-order chi connectivity index (χ0) is 10.1. The van der Waals surface area contributed by atoms with E-state index in [9.17, 15) is 0 Å². The van der Waals surface area contributed by atoms with Crippen molar-refractivity contribution < 1.29 is 0 Å². The van der Waals surface area contributed by atoms with Crippen LogP contribution in [0.4, 0.5) is 0 Å². The van der Waals surface area contributed by atoms with Crippen LogP contribution in [0.5, 0.6) is 0 Å². The highest BCUT2D eigenvalue weighted by Crippen LogP contribution is 2.31. The minimum absolute atomic E-state index is 1.28. The first-order valence-corrected chi connectivity index (χ1v) is 5.71. The molecule has 0 spiro atoms. The molecule has 0 N–H and O–H groups in total. The molecule has 15 heavy (non-hydrogen) atoms. The Labute approximate surface area is 92.8 Å². The van der Waals surface area contributed by atoms with Gasteiger partial charge < -0.3 is 0 Å². The monoisotopic (exact) mass is 209 g/mol. The van der Waals surface area contributed by atoms with E-state index in [-0.39, 0.29) is 0 Å². The predicted molar refractivity (Wildman–Crippen MR) is 66.1 cm³/mol. The van der Waals surface area contributed by atoms with Gasteiger partial charge in [0.1, 0.15) is 0 Å². The summed E-state index contributed by atoms with van der Waals surface area (Å²) in [6, 6.07) is 18.9. The third-order valence-electron chi connectivity index (χ3n) is 2.51. The van der Waals surface area contributed by atoms with Gasteiger partial charge in [-0.3, -0.25) is 0 Å². The lowest BCUT2D eigenvalue weighted by Crippen LogP contribution is -1.76. The average molecular weight is 209 g/mol. The van der Waals surface area contributed by atoms with E-state index >= 15 is 0 Å². The number of hydrogen-bond acceptors (Lipinski definition) is 1. The summed E-state index contributed by atoms with van der Waals surface area (Å²) in [6.45, 7) is 0. The third kappa shape index (κ3) is 1.45. The zero-order valence-corrected chi connectivity index (χ0v) is 8.92. The van der Waals surface area contributed by atoms with Gasteiger partial charge in [-0.15, -0.1) is 11.3 Å². The van der Waals surface area contributed by atoms with Gasteiger partial charge in [-0.2, -0.15) is 0 Å². The maximum absolute atomic E-state index is 3.19. The average Bonchev–Trinajstić information content (AvgIpc) is 2.78. The van der Waals surface area contributed by atoms with Crippen LogP contribution in [0.15, 0.2) is 54.6 Å². The Kier molecular flexibility index (Phi) is 2.04. The second-order valence-electron chi connectivity index (χ2n) is 3.45. The lowest BCUT2D eigenvalue weighted by Gasteiger charge is -2.02. The number of thiophene rings is 1. The molecule has 0 saturated heterocycles. The normalized spacial score (nSPS) is 10.7. The van der Waals surface area contributed by atoms with Crippen molar-refractivity contribution in [1.82, 2.24) is 0 Å². The molecule has 0 saturated carbocycles. The van der Waals surface area contributed by atoms with Crippen LogP contribution in [0.2, 0.25) is 0 Å². The standard InChI is InChI=1S/C14H9S/c1-2-5-11(6-3-1)13-8-4-7-12-9-10-15-14(12)13/h1-9H. The van der Waals surface area contributed by atoms with Crippen LogP contribution in [0.25, 0.3) is 21.2 Å². The molecule has 0 amide bonds. The van der Waals surface area contributed by atoms with Crippen molar-refractivity contribution in [2.45, 2.75) is 0 Å². The fourth-order valence-corrected chi connectivity index (χ4v) is 2.62. The van der Waals surface area contributed by atoms with Crippen molar-refractivity contribution in [3.8, 4) is 11.1 Å². The summed E-state index contributed by atoms with van der Waals surface area (Å²) in [4.78, 5) is 0. The van der Waals surface area contributed by atoms with Gasteiger partial charge in [0.05, 0.1) is 0 Å². The van der Waals surface area contributed by atoms with Gasteiger partial charge in [-0.25, -0.2) is 0 Å². The first kappa shape index (κ1) is 8.69. The summed E-state index contributed by atoms with van der Waals surface area (Å²) in [5.74, 6) is 0. The van der Waals surface area contributed by atoms with Gasteiger partial charge in [-0.1, -0.05) is 48.5 Å². The smallest absolute Gasteiger partial charge is 0.0455 e. The molecule has 0 bridgehead atoms. The van der Waals surface area contributed by atoms with Gasteiger partial charge in [0.25, 0.3) is 0 Å². The van der Waals surface area contributed by atoms with E-state index in [1.807, 2.05) is 12.1 Å². The number of hydrogen-bond donors (Lipinski definition) is 0. The molecule has 0 aliphatic carbocycles. The van der Waals surface area contributed by atoms with E-state index in [2.05, 4.69) is 47.8 Å². The largest absolute Gasteiger partial charge is 0.134 e. The highest BCUT2D eigenvalue weighted by atomic mass is 32.1. The van der Waals surface area contributed by atoms with Gasteiger partial charge in [0.15, 0.2) is 0 Å². The first-order valence-electron chi connectivity index (χ1n) is 4.89. The van der Waals surface area contributed by atoms with Gasteiger partial charge in [0, 0.05) is 10.1 Å². The minimum Gasteiger partial charge on any atom is -0.134 e. The molecule has 2 aromatic carbocycles. The molecule has 3 aromatic rings. The molecule has 0 aliphatic heterocycles. The van der Waals surface area contributed by atoms with Crippen molar-refractivity contribution in [3.63, 3.8) is 0 Å². The maximum Gasteiger partial charge on any atom is 0.0455 e. The second-order valence-corrected chi connectivity index (χ2v) is 4.30. The summed E-state index contributed by atoms with van der Waals surface area (Å²) in [6.07, 6.45) is 0. The van der Waals surface area contributed by atoms with Crippen LogP contribution in [0.3, 0.4) is 0 Å². The fraction of sp³-hybridized carbons (Fsp3) is 0. The van der Waals surface area contributed by atoms with Gasteiger partial charge >= 0.3 is 0 Å². The van der Waals surface area contributed by atoms with E-state index in [0.29, 0.717) is 0 Å². The summed E-state index contributed by atoms with van der Waals surface area (Å²) < 4.78 is 1.32. The zero-order valence-electron chi connectivity index (χ0n) is 8.10. The molecule has 1 aromatic heterocycles. The van der Waals surface area contributed by atoms with Gasteiger partial charge in [-0.05, 0) is 22.6 Å². The summed E-state index contributed by atoms with van der Waals surface area (Å²) in [7, 11) is 0. The van der Waals surface area contributed by atoms with Crippen molar-refractivity contribution >= 4 is 21.4 Å². The third-order valence-corrected chi connectivity index (χ3v) is 3.40. The van der Waals surface area contributed by atoms with Crippen LogP contribution in [0.1, 0.15) is 0 Å². The molecule has 1 heteroatoms. The van der Waals surface area contributed by atoms with Gasteiger partial charge in [0.2, 0.25) is 0 Å². The van der Waals surface area contributed by atoms with E-state index in [0.717, 1.165) is 0 Å². The Hall–Kier alpha value is -1.60. The van der Waals surface area contributed by atoms with Crippen molar-refractivity contribution in [1.29, 1.82) is 0 Å². The fourth-order valence-electron chi connectivity index (χ4n) is 1.78. The lowest BCUT2D eigenvalue weighted by atomic mass is 10.0. The molecular weight excluding hydrogens is 200 g/mol. The number of benzene rings is 2. The minimum atomic E-state index is 1.28. The number of rotatable bonds is 1. The van der Waals surface area contributed by atoms with Crippen LogP contribution >= 0.6 is 11.3 Å². The molecule has 3 rings (SSSR count). The summed E-state index contributed by atoms with van der Waals surface area (Å²) in [5.41, 5.74) is 2.58. The summed E-state index contributed by atoms with van der Waals surface area (Å²) >= 11 is 1.68. The van der Waals surface area contributed by atoms with Crippen LogP contribution in [-0.4, -0.2) is 0 Å². The quantitative estimate of drug-likeness (QED) is 0.558. The molecule has 0 aliphatic rings. The molecule has 71 valence electrons. The maximum atomic E-state index is 3.19. The van der Waals surface area contributed by atoms with E-state index < -0.39 is 0 Å². The predicted octanol–water partition coefficient (Wildman–Crippen LogP) is 4.37. The molecule has 0 unspecified atom stereocenters. The second kappa shape index (κ2) is 3.52. The molecular formula is C14H9S. The Balaban J connectivity index is 2.31. The molecule has 0 fully saturated rings. The Morgan fingerprint density at radius 3 is 2.60 bits per heavy atom. The number of fused-ring (bicyclic) bond motifs is 1. The Morgan fingerprint density at radius 1 is 0.867 bits per heavy atom. The lowest BCUT2D eigenvalue weighted by molar-refractivity contribution is 1.67. The van der Waals surface area contributed by atoms with Crippen LogP contribution in [-0.2, 0) is 0 Å². The molecule has 0 nitrogen and oxygen atoms in total. The molecule has 1 radical (unpaired) electrons. The highest BCUT2D eigenvalue weighted by Gasteiger charge is 2.03. The van der Waals surface area contributed by atoms with Crippen molar-refractivity contribution in [2.24, 2.45) is 0 Å². The molecule has 0 atom stereocenters. The van der Waals surface area contributed by atoms with Crippen LogP contribution in [0, 0.1) is 5.38 Å². The Morgan fingerprint density at radius 2 is 1.73 bits per heavy atom. The van der Waals surface area contributed by atoms with Crippen molar-refractivity contribution in [3.05, 3.63) is 60.0 Å². The first-order chi connectivity index (χ1) is 7.45. The van der Waals surface area contributed by atoms with Crippen LogP contribution < -0.4 is 0 Å². The SMILES string of the molecule is [c]1cc2cccc(-c3ccccc3)c2s1. The summed E-state index contributed by atoms with van der Waals surface area (Å²) in [5, 5.41) is 4.47. The van der Waals surface area contributed by atoms with E-state index in [1.54, 1.807) is 11.3 Å². The Bertz CT molecular complexity index is 578. The van der Waals surface area contributed by atoms with E-state index in [4.69, 9.17) is 0 Å². The molecule has 1 heterocycles. The highest BCUT2D eigenvalue weighted by molar-refractivity contribution is 7.17. The van der Waals surface area contributed by atoms with Crippen molar-refractivity contribution in [2.75, 3.05) is 0 Å².